The fourth-order valence-electron chi connectivity index (χ4n) is 2.91. The maximum atomic E-state index is 12.7. The first kappa shape index (κ1) is 15.8. The van der Waals surface area contributed by atoms with E-state index in [1.54, 1.807) is 0 Å². The Morgan fingerprint density at radius 3 is 2.32 bits per heavy atom. The lowest BCUT2D eigenvalue weighted by molar-refractivity contribution is 0.0974. The Balaban J connectivity index is 1.82. The second-order valence-electron chi connectivity index (χ2n) is 5.81. The van der Waals surface area contributed by atoms with Crippen molar-refractivity contribution in [1.29, 1.82) is 0 Å². The molecule has 0 fully saturated rings. The monoisotopic (exact) mass is 390 g/mol. The molecule has 122 valence electrons. The lowest BCUT2D eigenvalue weighted by Gasteiger charge is -2.09. The predicted molar refractivity (Wildman–Crippen MR) is 104 cm³/mol. The van der Waals surface area contributed by atoms with Gasteiger partial charge in [0, 0.05) is 15.6 Å². The number of fused-ring (bicyclic) bond motifs is 1. The standard InChI is InChI=1S/C21H15BrN2O/c22-17-12-10-16(11-13-17)21-23-18-8-4-5-9-19(18)24(21)14-20(25)15-6-2-1-3-7-15/h1-13H,14H2. The number of carbonyl (C=O) groups excluding carboxylic acids is 1. The van der Waals surface area contributed by atoms with Crippen molar-refractivity contribution >= 4 is 32.7 Å². The van der Waals surface area contributed by atoms with Crippen LogP contribution in [-0.4, -0.2) is 15.3 Å². The summed E-state index contributed by atoms with van der Waals surface area (Å²) in [6.07, 6.45) is 0. The molecule has 1 heterocycles. The van der Waals surface area contributed by atoms with Crippen LogP contribution in [0.25, 0.3) is 22.4 Å². The van der Waals surface area contributed by atoms with Gasteiger partial charge < -0.3 is 4.57 Å². The van der Waals surface area contributed by atoms with Crippen molar-refractivity contribution in [2.75, 3.05) is 0 Å². The van der Waals surface area contributed by atoms with Crippen molar-refractivity contribution < 1.29 is 4.79 Å². The first-order valence-corrected chi connectivity index (χ1v) is 8.81. The molecule has 4 aromatic rings. The summed E-state index contributed by atoms with van der Waals surface area (Å²) in [5.74, 6) is 0.875. The molecule has 0 amide bonds. The molecule has 0 bridgehead atoms. The predicted octanol–water partition coefficient (Wildman–Crippen LogP) is 5.35. The van der Waals surface area contributed by atoms with E-state index in [4.69, 9.17) is 4.98 Å². The molecule has 0 radical (unpaired) electrons. The number of halogens is 1. The summed E-state index contributed by atoms with van der Waals surface area (Å²) >= 11 is 3.46. The highest BCUT2D eigenvalue weighted by atomic mass is 79.9. The Morgan fingerprint density at radius 1 is 0.880 bits per heavy atom. The van der Waals surface area contributed by atoms with Crippen LogP contribution < -0.4 is 0 Å². The van der Waals surface area contributed by atoms with Crippen LogP contribution in [0.4, 0.5) is 0 Å². The summed E-state index contributed by atoms with van der Waals surface area (Å²) in [5.41, 5.74) is 3.55. The molecule has 0 aliphatic carbocycles. The smallest absolute Gasteiger partial charge is 0.182 e. The second kappa shape index (κ2) is 6.65. The number of para-hydroxylation sites is 2. The number of hydrogen-bond donors (Lipinski definition) is 0. The molecule has 4 heteroatoms. The molecule has 4 rings (SSSR count). The summed E-state index contributed by atoms with van der Waals surface area (Å²) < 4.78 is 3.01. The number of ketones is 1. The molecule has 0 atom stereocenters. The van der Waals surface area contributed by atoms with Crippen LogP contribution in [-0.2, 0) is 6.54 Å². The first-order chi connectivity index (χ1) is 12.2. The van der Waals surface area contributed by atoms with Crippen LogP contribution >= 0.6 is 15.9 Å². The highest BCUT2D eigenvalue weighted by Gasteiger charge is 2.15. The minimum absolute atomic E-state index is 0.0714. The Hall–Kier alpha value is -2.72. The Labute approximate surface area is 154 Å². The van der Waals surface area contributed by atoms with E-state index < -0.39 is 0 Å². The molecule has 0 spiro atoms. The number of carbonyl (C=O) groups is 1. The van der Waals surface area contributed by atoms with Gasteiger partial charge in [-0.05, 0) is 24.3 Å². The van der Waals surface area contributed by atoms with Gasteiger partial charge in [-0.3, -0.25) is 4.79 Å². The van der Waals surface area contributed by atoms with E-state index in [1.165, 1.54) is 0 Å². The van der Waals surface area contributed by atoms with Gasteiger partial charge in [-0.15, -0.1) is 0 Å². The van der Waals surface area contributed by atoms with E-state index in [0.29, 0.717) is 5.56 Å². The summed E-state index contributed by atoms with van der Waals surface area (Å²) in [4.78, 5) is 17.5. The molecule has 0 aliphatic rings. The summed E-state index contributed by atoms with van der Waals surface area (Å²) in [5, 5.41) is 0. The SMILES string of the molecule is O=C(Cn1c(-c2ccc(Br)cc2)nc2ccccc21)c1ccccc1. The van der Waals surface area contributed by atoms with Crippen molar-refractivity contribution in [3.8, 4) is 11.4 Å². The second-order valence-corrected chi connectivity index (χ2v) is 6.72. The number of Topliss-reactive ketones (excluding diaryl/α,β-unsaturated/α-hetero) is 1. The lowest BCUT2D eigenvalue weighted by atomic mass is 10.1. The largest absolute Gasteiger partial charge is 0.316 e. The van der Waals surface area contributed by atoms with E-state index in [-0.39, 0.29) is 12.3 Å². The first-order valence-electron chi connectivity index (χ1n) is 8.02. The van der Waals surface area contributed by atoms with E-state index in [9.17, 15) is 4.79 Å². The number of rotatable bonds is 4. The number of benzene rings is 3. The van der Waals surface area contributed by atoms with E-state index >= 15 is 0 Å². The number of aromatic nitrogens is 2. The zero-order valence-corrected chi connectivity index (χ0v) is 15.0. The minimum atomic E-state index is 0.0714. The molecule has 3 nitrogen and oxygen atoms in total. The Bertz CT molecular complexity index is 1040. The average molecular weight is 391 g/mol. The fourth-order valence-corrected chi connectivity index (χ4v) is 3.18. The van der Waals surface area contributed by atoms with Gasteiger partial charge in [0.2, 0.25) is 0 Å². The zero-order valence-electron chi connectivity index (χ0n) is 13.4. The quantitative estimate of drug-likeness (QED) is 0.440. The van der Waals surface area contributed by atoms with Gasteiger partial charge in [0.05, 0.1) is 17.6 Å². The van der Waals surface area contributed by atoms with Crippen molar-refractivity contribution in [3.63, 3.8) is 0 Å². The zero-order chi connectivity index (χ0) is 17.2. The highest BCUT2D eigenvalue weighted by molar-refractivity contribution is 9.10. The highest BCUT2D eigenvalue weighted by Crippen LogP contribution is 2.26. The normalized spacial score (nSPS) is 10.9. The topological polar surface area (TPSA) is 34.9 Å². The molecule has 0 saturated carbocycles. The van der Waals surface area contributed by atoms with Gasteiger partial charge in [-0.1, -0.05) is 70.5 Å². The van der Waals surface area contributed by atoms with Gasteiger partial charge in [-0.25, -0.2) is 4.98 Å². The van der Waals surface area contributed by atoms with Crippen molar-refractivity contribution in [1.82, 2.24) is 9.55 Å². The summed E-state index contributed by atoms with van der Waals surface area (Å²) in [6.45, 7) is 0.260. The Morgan fingerprint density at radius 2 is 1.56 bits per heavy atom. The average Bonchev–Trinajstić information content (AvgIpc) is 3.02. The molecular formula is C21H15BrN2O. The van der Waals surface area contributed by atoms with Crippen LogP contribution in [0.15, 0.2) is 83.3 Å². The van der Waals surface area contributed by atoms with Gasteiger partial charge in [0.15, 0.2) is 5.78 Å². The molecule has 0 aliphatic heterocycles. The van der Waals surface area contributed by atoms with Crippen molar-refractivity contribution in [2.45, 2.75) is 6.54 Å². The van der Waals surface area contributed by atoms with Gasteiger partial charge >= 0.3 is 0 Å². The minimum Gasteiger partial charge on any atom is -0.316 e. The van der Waals surface area contributed by atoms with E-state index in [0.717, 1.165) is 26.9 Å². The maximum Gasteiger partial charge on any atom is 0.182 e. The van der Waals surface area contributed by atoms with Gasteiger partial charge in [-0.2, -0.15) is 0 Å². The number of imidazole rings is 1. The van der Waals surface area contributed by atoms with Gasteiger partial charge in [0.25, 0.3) is 0 Å². The van der Waals surface area contributed by atoms with Crippen LogP contribution in [0.5, 0.6) is 0 Å². The third kappa shape index (κ3) is 3.13. The van der Waals surface area contributed by atoms with Crippen LogP contribution in [0.3, 0.4) is 0 Å². The van der Waals surface area contributed by atoms with Crippen LogP contribution in [0.2, 0.25) is 0 Å². The van der Waals surface area contributed by atoms with Gasteiger partial charge in [0.1, 0.15) is 5.82 Å². The van der Waals surface area contributed by atoms with E-state index in [2.05, 4.69) is 15.9 Å². The Kier molecular flexibility index (Phi) is 4.20. The third-order valence-corrected chi connectivity index (χ3v) is 4.68. The summed E-state index contributed by atoms with van der Waals surface area (Å²) in [6, 6.07) is 25.3. The molecule has 25 heavy (non-hydrogen) atoms. The number of hydrogen-bond acceptors (Lipinski definition) is 2. The lowest BCUT2D eigenvalue weighted by Crippen LogP contribution is -2.11. The molecule has 0 N–H and O–H groups in total. The van der Waals surface area contributed by atoms with E-state index in [1.807, 2.05) is 83.4 Å². The molecular weight excluding hydrogens is 376 g/mol. The molecule has 1 aromatic heterocycles. The molecule has 0 unspecified atom stereocenters. The summed E-state index contributed by atoms with van der Waals surface area (Å²) in [7, 11) is 0. The van der Waals surface area contributed by atoms with Crippen molar-refractivity contribution in [2.24, 2.45) is 0 Å². The molecule has 3 aromatic carbocycles. The molecule has 0 saturated heterocycles. The van der Waals surface area contributed by atoms with Crippen molar-refractivity contribution in [3.05, 3.63) is 88.9 Å². The van der Waals surface area contributed by atoms with Crippen LogP contribution in [0, 0.1) is 0 Å². The fraction of sp³-hybridized carbons (Fsp3) is 0.0476. The van der Waals surface area contributed by atoms with Crippen LogP contribution in [0.1, 0.15) is 10.4 Å². The maximum absolute atomic E-state index is 12.7. The third-order valence-electron chi connectivity index (χ3n) is 4.15. The number of nitrogens with zero attached hydrogens (tertiary/aromatic N) is 2.